The van der Waals surface area contributed by atoms with Crippen molar-refractivity contribution in [2.24, 2.45) is 17.6 Å². The molecule has 0 heterocycles. The molecular formula is C10H20N2O3. The van der Waals surface area contributed by atoms with Crippen LogP contribution in [0, 0.1) is 11.8 Å². The molecule has 0 aromatic heterocycles. The van der Waals surface area contributed by atoms with Gasteiger partial charge in [-0.25, -0.2) is 4.79 Å². The van der Waals surface area contributed by atoms with E-state index in [-0.39, 0.29) is 24.3 Å². The second-order valence-corrected chi connectivity index (χ2v) is 3.84. The quantitative estimate of drug-likeness (QED) is 0.628. The van der Waals surface area contributed by atoms with Crippen LogP contribution in [0.4, 0.5) is 0 Å². The number of esters is 1. The van der Waals surface area contributed by atoms with Gasteiger partial charge in [-0.3, -0.25) is 4.79 Å². The third-order valence-electron chi connectivity index (χ3n) is 2.31. The number of ether oxygens (including phenoxy) is 1. The smallest absolute Gasteiger partial charge is 0.328 e. The monoisotopic (exact) mass is 216 g/mol. The molecule has 2 unspecified atom stereocenters. The van der Waals surface area contributed by atoms with Crippen LogP contribution >= 0.6 is 0 Å². The minimum absolute atomic E-state index is 0.153. The minimum atomic E-state index is -0.629. The van der Waals surface area contributed by atoms with Crippen molar-refractivity contribution in [2.45, 2.75) is 26.8 Å². The zero-order valence-corrected chi connectivity index (χ0v) is 9.74. The lowest BCUT2D eigenvalue weighted by atomic mass is 9.95. The Kier molecular flexibility index (Phi) is 5.93. The number of rotatable bonds is 5. The average molecular weight is 216 g/mol. The summed E-state index contributed by atoms with van der Waals surface area (Å²) in [5.41, 5.74) is 5.48. The maximum Gasteiger partial charge on any atom is 0.328 e. The normalized spacial score (nSPS) is 14.5. The van der Waals surface area contributed by atoms with Crippen molar-refractivity contribution >= 4 is 11.9 Å². The molecule has 5 nitrogen and oxygen atoms in total. The third kappa shape index (κ3) is 4.29. The standard InChI is InChI=1S/C10H20N2O3/c1-6(2)8(5-11)9(13)12-7(3)10(14)15-4/h6-8H,5,11H2,1-4H3,(H,12,13). The summed E-state index contributed by atoms with van der Waals surface area (Å²) < 4.78 is 4.50. The second-order valence-electron chi connectivity index (χ2n) is 3.84. The summed E-state index contributed by atoms with van der Waals surface area (Å²) in [5, 5.41) is 2.57. The molecule has 0 aliphatic rings. The first-order chi connectivity index (χ1) is 6.93. The van der Waals surface area contributed by atoms with E-state index in [0.29, 0.717) is 0 Å². The maximum atomic E-state index is 11.6. The van der Waals surface area contributed by atoms with Crippen LogP contribution < -0.4 is 11.1 Å². The van der Waals surface area contributed by atoms with Gasteiger partial charge in [-0.15, -0.1) is 0 Å². The molecule has 0 fully saturated rings. The summed E-state index contributed by atoms with van der Waals surface area (Å²) in [7, 11) is 1.29. The molecule has 0 saturated heterocycles. The number of hydrogen-bond donors (Lipinski definition) is 2. The van der Waals surface area contributed by atoms with Crippen LogP contribution in [0.3, 0.4) is 0 Å². The Morgan fingerprint density at radius 2 is 1.87 bits per heavy atom. The van der Waals surface area contributed by atoms with Crippen LogP contribution in [0.1, 0.15) is 20.8 Å². The largest absolute Gasteiger partial charge is 0.467 e. The molecule has 3 N–H and O–H groups in total. The molecule has 1 amide bonds. The van der Waals surface area contributed by atoms with Gasteiger partial charge in [0.2, 0.25) is 5.91 Å². The Morgan fingerprint density at radius 1 is 1.33 bits per heavy atom. The van der Waals surface area contributed by atoms with E-state index in [1.807, 2.05) is 13.8 Å². The number of nitrogens with one attached hydrogen (secondary N) is 1. The van der Waals surface area contributed by atoms with Crippen molar-refractivity contribution in [3.05, 3.63) is 0 Å². The van der Waals surface area contributed by atoms with Gasteiger partial charge in [-0.2, -0.15) is 0 Å². The summed E-state index contributed by atoms with van der Waals surface area (Å²) in [4.78, 5) is 22.7. The predicted octanol–water partition coefficient (Wildman–Crippen LogP) is -0.105. The van der Waals surface area contributed by atoms with E-state index in [4.69, 9.17) is 5.73 Å². The van der Waals surface area contributed by atoms with E-state index < -0.39 is 12.0 Å². The fourth-order valence-corrected chi connectivity index (χ4v) is 1.24. The van der Waals surface area contributed by atoms with Gasteiger partial charge in [0, 0.05) is 6.54 Å². The number of hydrogen-bond acceptors (Lipinski definition) is 4. The van der Waals surface area contributed by atoms with E-state index in [2.05, 4.69) is 10.1 Å². The highest BCUT2D eigenvalue weighted by atomic mass is 16.5. The Hall–Kier alpha value is -1.10. The highest BCUT2D eigenvalue weighted by Crippen LogP contribution is 2.09. The first-order valence-corrected chi connectivity index (χ1v) is 5.02. The molecular weight excluding hydrogens is 196 g/mol. The summed E-state index contributed by atoms with van der Waals surface area (Å²) in [6.45, 7) is 5.69. The summed E-state index contributed by atoms with van der Waals surface area (Å²) in [6, 6.07) is -0.629. The highest BCUT2D eigenvalue weighted by molar-refractivity contribution is 5.85. The lowest BCUT2D eigenvalue weighted by Gasteiger charge is -2.20. The van der Waals surface area contributed by atoms with E-state index in [1.165, 1.54) is 7.11 Å². The predicted molar refractivity (Wildman–Crippen MR) is 57.0 cm³/mol. The molecule has 0 rings (SSSR count). The van der Waals surface area contributed by atoms with Gasteiger partial charge >= 0.3 is 5.97 Å². The van der Waals surface area contributed by atoms with Gasteiger partial charge in [0.15, 0.2) is 0 Å². The zero-order valence-electron chi connectivity index (χ0n) is 9.74. The topological polar surface area (TPSA) is 81.4 Å². The van der Waals surface area contributed by atoms with Crippen LogP contribution in [-0.2, 0) is 14.3 Å². The molecule has 5 heteroatoms. The van der Waals surface area contributed by atoms with Crippen molar-refractivity contribution in [2.75, 3.05) is 13.7 Å². The van der Waals surface area contributed by atoms with Crippen LogP contribution in [0.15, 0.2) is 0 Å². The van der Waals surface area contributed by atoms with Crippen LogP contribution in [0.2, 0.25) is 0 Å². The van der Waals surface area contributed by atoms with Crippen molar-refractivity contribution < 1.29 is 14.3 Å². The fraction of sp³-hybridized carbons (Fsp3) is 0.800. The average Bonchev–Trinajstić information content (AvgIpc) is 2.16. The molecule has 2 atom stereocenters. The Balaban J connectivity index is 4.28. The van der Waals surface area contributed by atoms with Gasteiger partial charge in [-0.1, -0.05) is 13.8 Å². The van der Waals surface area contributed by atoms with E-state index in [9.17, 15) is 9.59 Å². The molecule has 88 valence electrons. The van der Waals surface area contributed by atoms with Crippen molar-refractivity contribution in [1.82, 2.24) is 5.32 Å². The van der Waals surface area contributed by atoms with Gasteiger partial charge in [-0.05, 0) is 12.8 Å². The van der Waals surface area contributed by atoms with Gasteiger partial charge in [0.1, 0.15) is 6.04 Å². The van der Waals surface area contributed by atoms with E-state index in [1.54, 1.807) is 6.92 Å². The van der Waals surface area contributed by atoms with Crippen molar-refractivity contribution in [1.29, 1.82) is 0 Å². The molecule has 0 saturated carbocycles. The molecule has 0 aliphatic heterocycles. The van der Waals surface area contributed by atoms with Crippen molar-refractivity contribution in [3.8, 4) is 0 Å². The minimum Gasteiger partial charge on any atom is -0.467 e. The second kappa shape index (κ2) is 6.40. The summed E-state index contributed by atoms with van der Waals surface area (Å²) in [6.07, 6.45) is 0. The van der Waals surface area contributed by atoms with Crippen LogP contribution in [0.5, 0.6) is 0 Å². The van der Waals surface area contributed by atoms with Crippen molar-refractivity contribution in [3.63, 3.8) is 0 Å². The summed E-state index contributed by atoms with van der Waals surface area (Å²) in [5.74, 6) is -0.773. The summed E-state index contributed by atoms with van der Waals surface area (Å²) >= 11 is 0. The molecule has 15 heavy (non-hydrogen) atoms. The number of carbonyl (C=O) groups excluding carboxylic acids is 2. The number of methoxy groups -OCH3 is 1. The zero-order chi connectivity index (χ0) is 12.0. The Bertz CT molecular complexity index is 229. The number of nitrogens with two attached hydrogens (primary N) is 1. The number of carbonyl (C=O) groups is 2. The van der Waals surface area contributed by atoms with Gasteiger partial charge in [0.25, 0.3) is 0 Å². The van der Waals surface area contributed by atoms with Gasteiger partial charge < -0.3 is 15.8 Å². The third-order valence-corrected chi connectivity index (χ3v) is 2.31. The lowest BCUT2D eigenvalue weighted by Crippen LogP contribution is -2.45. The lowest BCUT2D eigenvalue weighted by molar-refractivity contribution is -0.145. The van der Waals surface area contributed by atoms with E-state index >= 15 is 0 Å². The molecule has 0 bridgehead atoms. The van der Waals surface area contributed by atoms with Gasteiger partial charge in [0.05, 0.1) is 13.0 Å². The maximum absolute atomic E-state index is 11.6. The Morgan fingerprint density at radius 3 is 2.20 bits per heavy atom. The first-order valence-electron chi connectivity index (χ1n) is 5.02. The highest BCUT2D eigenvalue weighted by Gasteiger charge is 2.24. The Labute approximate surface area is 90.4 Å². The number of amides is 1. The molecule has 0 aromatic carbocycles. The molecule has 0 radical (unpaired) electrons. The van der Waals surface area contributed by atoms with Crippen LogP contribution in [-0.4, -0.2) is 31.6 Å². The molecule has 0 aliphatic carbocycles. The molecule has 0 spiro atoms. The van der Waals surface area contributed by atoms with E-state index in [0.717, 1.165) is 0 Å². The fourth-order valence-electron chi connectivity index (χ4n) is 1.24. The molecule has 0 aromatic rings. The first kappa shape index (κ1) is 13.9. The SMILES string of the molecule is COC(=O)C(C)NC(=O)C(CN)C(C)C. The van der Waals surface area contributed by atoms with Crippen LogP contribution in [0.25, 0.3) is 0 Å².